The van der Waals surface area contributed by atoms with E-state index in [0.717, 1.165) is 6.42 Å². The van der Waals surface area contributed by atoms with Gasteiger partial charge >= 0.3 is 0 Å². The van der Waals surface area contributed by atoms with Crippen LogP contribution in [0.1, 0.15) is 16.8 Å². The Kier molecular flexibility index (Phi) is 2.59. The van der Waals surface area contributed by atoms with Gasteiger partial charge in [-0.3, -0.25) is 4.98 Å². The zero-order valence-corrected chi connectivity index (χ0v) is 8.27. The van der Waals surface area contributed by atoms with Crippen molar-refractivity contribution in [3.63, 3.8) is 0 Å². The molecule has 0 atom stereocenters. The minimum absolute atomic E-state index is 0.924. The van der Waals surface area contributed by atoms with Gasteiger partial charge < -0.3 is 0 Å². The van der Waals surface area contributed by atoms with Crippen LogP contribution in [0.4, 0.5) is 0 Å². The Morgan fingerprint density at radius 3 is 2.50 bits per heavy atom. The van der Waals surface area contributed by atoms with Crippen molar-refractivity contribution in [2.24, 2.45) is 0 Å². The van der Waals surface area contributed by atoms with Crippen molar-refractivity contribution >= 4 is 0 Å². The Labute approximate surface area is 84.4 Å². The molecule has 0 amide bonds. The van der Waals surface area contributed by atoms with Gasteiger partial charge in [0.2, 0.25) is 0 Å². The van der Waals surface area contributed by atoms with Gasteiger partial charge in [0.15, 0.2) is 0 Å². The van der Waals surface area contributed by atoms with Crippen LogP contribution in [0.15, 0.2) is 48.7 Å². The number of hydrogen-bond acceptors (Lipinski definition) is 1. The zero-order valence-electron chi connectivity index (χ0n) is 8.27. The lowest BCUT2D eigenvalue weighted by Gasteiger charge is -2.03. The number of aryl methyl sites for hydroxylation is 1. The van der Waals surface area contributed by atoms with Crippen LogP contribution in [-0.4, -0.2) is 4.98 Å². The summed E-state index contributed by atoms with van der Waals surface area (Å²) in [6.07, 6.45) is 2.78. The lowest BCUT2D eigenvalue weighted by molar-refractivity contribution is 1.04. The van der Waals surface area contributed by atoms with Gasteiger partial charge in [-0.25, -0.2) is 0 Å². The molecule has 1 nitrogen and oxygen atoms in total. The van der Waals surface area contributed by atoms with Crippen molar-refractivity contribution in [1.29, 1.82) is 0 Å². The summed E-state index contributed by atoms with van der Waals surface area (Å²) in [4.78, 5) is 4.37. The summed E-state index contributed by atoms with van der Waals surface area (Å²) in [5.74, 6) is 0. The molecule has 0 N–H and O–H groups in total. The van der Waals surface area contributed by atoms with Gasteiger partial charge in [0.1, 0.15) is 0 Å². The molecule has 0 spiro atoms. The van der Waals surface area contributed by atoms with Gasteiger partial charge in [0, 0.05) is 18.3 Å². The molecule has 1 heteroatoms. The largest absolute Gasteiger partial charge is 0.261 e. The van der Waals surface area contributed by atoms with E-state index in [2.05, 4.69) is 42.2 Å². The monoisotopic (exact) mass is 183 g/mol. The normalized spacial score (nSPS) is 10.1. The van der Waals surface area contributed by atoms with Crippen LogP contribution in [0.2, 0.25) is 0 Å². The molecule has 14 heavy (non-hydrogen) atoms. The second kappa shape index (κ2) is 4.05. The molecule has 1 aromatic heterocycles. The third kappa shape index (κ3) is 1.99. The van der Waals surface area contributed by atoms with E-state index in [-0.39, 0.29) is 0 Å². The lowest BCUT2D eigenvalue weighted by Crippen LogP contribution is -1.94. The van der Waals surface area contributed by atoms with Gasteiger partial charge in [-0.2, -0.15) is 0 Å². The predicted molar refractivity (Wildman–Crippen MR) is 58.2 cm³/mol. The number of benzene rings is 1. The SMILES string of the molecule is Cc1cccnc1Cc1ccccc1. The highest BCUT2D eigenvalue weighted by atomic mass is 14.7. The molecule has 0 saturated carbocycles. The molecular weight excluding hydrogens is 170 g/mol. The average Bonchev–Trinajstić information content (AvgIpc) is 2.23. The summed E-state index contributed by atoms with van der Waals surface area (Å²) in [6.45, 7) is 2.10. The fraction of sp³-hybridized carbons (Fsp3) is 0.154. The van der Waals surface area contributed by atoms with Crippen molar-refractivity contribution in [1.82, 2.24) is 4.98 Å². The first-order valence-electron chi connectivity index (χ1n) is 4.80. The Bertz CT molecular complexity index is 407. The Balaban J connectivity index is 2.24. The maximum atomic E-state index is 4.37. The van der Waals surface area contributed by atoms with E-state index >= 15 is 0 Å². The van der Waals surface area contributed by atoms with Crippen LogP contribution in [-0.2, 0) is 6.42 Å². The van der Waals surface area contributed by atoms with E-state index in [1.165, 1.54) is 16.8 Å². The molecule has 1 heterocycles. The summed E-state index contributed by atoms with van der Waals surface area (Å²) in [5.41, 5.74) is 3.74. The molecule has 0 fully saturated rings. The quantitative estimate of drug-likeness (QED) is 0.697. The second-order valence-corrected chi connectivity index (χ2v) is 3.43. The molecule has 0 aliphatic carbocycles. The second-order valence-electron chi connectivity index (χ2n) is 3.43. The molecule has 0 aliphatic rings. The van der Waals surface area contributed by atoms with Crippen molar-refractivity contribution < 1.29 is 0 Å². The van der Waals surface area contributed by atoms with Crippen LogP contribution in [0.5, 0.6) is 0 Å². The molecule has 70 valence electrons. The van der Waals surface area contributed by atoms with Crippen LogP contribution < -0.4 is 0 Å². The number of hydrogen-bond donors (Lipinski definition) is 0. The molecule has 0 saturated heterocycles. The number of aromatic nitrogens is 1. The first-order chi connectivity index (χ1) is 6.86. The van der Waals surface area contributed by atoms with Crippen molar-refractivity contribution in [2.75, 3.05) is 0 Å². The summed E-state index contributed by atoms with van der Waals surface area (Å²) in [6, 6.07) is 14.5. The molecule has 0 bridgehead atoms. The molecule has 0 unspecified atom stereocenters. The van der Waals surface area contributed by atoms with E-state index in [9.17, 15) is 0 Å². The van der Waals surface area contributed by atoms with Gasteiger partial charge in [-0.1, -0.05) is 36.4 Å². The molecule has 0 aliphatic heterocycles. The Morgan fingerprint density at radius 2 is 1.79 bits per heavy atom. The smallest absolute Gasteiger partial charge is 0.0476 e. The fourth-order valence-electron chi connectivity index (χ4n) is 1.49. The van der Waals surface area contributed by atoms with Crippen LogP contribution >= 0.6 is 0 Å². The number of pyridine rings is 1. The lowest BCUT2D eigenvalue weighted by atomic mass is 10.1. The number of nitrogens with zero attached hydrogens (tertiary/aromatic N) is 1. The maximum Gasteiger partial charge on any atom is 0.0476 e. The predicted octanol–water partition coefficient (Wildman–Crippen LogP) is 2.98. The van der Waals surface area contributed by atoms with Gasteiger partial charge in [0.05, 0.1) is 0 Å². The molecular formula is C13H13N. The Morgan fingerprint density at radius 1 is 1.00 bits per heavy atom. The summed E-state index contributed by atoms with van der Waals surface area (Å²) >= 11 is 0. The third-order valence-corrected chi connectivity index (χ3v) is 2.33. The van der Waals surface area contributed by atoms with Gasteiger partial charge in [-0.05, 0) is 24.1 Å². The first kappa shape index (κ1) is 8.95. The molecule has 2 aromatic rings. The summed E-state index contributed by atoms with van der Waals surface area (Å²) in [5, 5.41) is 0. The molecule has 2 rings (SSSR count). The van der Waals surface area contributed by atoms with E-state index in [1.54, 1.807) is 0 Å². The van der Waals surface area contributed by atoms with E-state index in [1.807, 2.05) is 18.3 Å². The topological polar surface area (TPSA) is 12.9 Å². The van der Waals surface area contributed by atoms with Crippen molar-refractivity contribution in [3.8, 4) is 0 Å². The van der Waals surface area contributed by atoms with Crippen LogP contribution in [0.3, 0.4) is 0 Å². The standard InChI is InChI=1S/C13H13N/c1-11-6-5-9-14-13(11)10-12-7-3-2-4-8-12/h2-9H,10H2,1H3. The van der Waals surface area contributed by atoms with E-state index in [0.29, 0.717) is 0 Å². The third-order valence-electron chi connectivity index (χ3n) is 2.33. The molecule has 0 radical (unpaired) electrons. The van der Waals surface area contributed by atoms with Crippen LogP contribution in [0, 0.1) is 6.92 Å². The summed E-state index contributed by atoms with van der Waals surface area (Å²) < 4.78 is 0. The maximum absolute atomic E-state index is 4.37. The molecule has 1 aromatic carbocycles. The van der Waals surface area contributed by atoms with Crippen LogP contribution in [0.25, 0.3) is 0 Å². The van der Waals surface area contributed by atoms with Crippen molar-refractivity contribution in [2.45, 2.75) is 13.3 Å². The van der Waals surface area contributed by atoms with Gasteiger partial charge in [0.25, 0.3) is 0 Å². The minimum Gasteiger partial charge on any atom is -0.261 e. The van der Waals surface area contributed by atoms with E-state index in [4.69, 9.17) is 0 Å². The van der Waals surface area contributed by atoms with E-state index < -0.39 is 0 Å². The zero-order chi connectivity index (χ0) is 9.80. The first-order valence-corrected chi connectivity index (χ1v) is 4.80. The number of rotatable bonds is 2. The minimum atomic E-state index is 0.924. The Hall–Kier alpha value is -1.63. The highest BCUT2D eigenvalue weighted by Crippen LogP contribution is 2.10. The highest BCUT2D eigenvalue weighted by molar-refractivity contribution is 5.26. The highest BCUT2D eigenvalue weighted by Gasteiger charge is 1.99. The van der Waals surface area contributed by atoms with Gasteiger partial charge in [-0.15, -0.1) is 0 Å². The van der Waals surface area contributed by atoms with Crippen molar-refractivity contribution in [3.05, 3.63) is 65.5 Å². The summed E-state index contributed by atoms with van der Waals surface area (Å²) in [7, 11) is 0. The fourth-order valence-corrected chi connectivity index (χ4v) is 1.49. The average molecular weight is 183 g/mol.